The van der Waals surface area contributed by atoms with E-state index in [0.717, 1.165) is 0 Å². The summed E-state index contributed by atoms with van der Waals surface area (Å²) >= 11 is 0. The summed E-state index contributed by atoms with van der Waals surface area (Å²) in [5, 5.41) is 2.49. The van der Waals surface area contributed by atoms with Crippen molar-refractivity contribution in [2.24, 2.45) is 0 Å². The third kappa shape index (κ3) is 4.52. The summed E-state index contributed by atoms with van der Waals surface area (Å²) in [4.78, 5) is 29.7. The van der Waals surface area contributed by atoms with Gasteiger partial charge in [-0.25, -0.2) is 12.8 Å². The molecule has 0 radical (unpaired) electrons. The highest BCUT2D eigenvalue weighted by Crippen LogP contribution is 2.16. The lowest BCUT2D eigenvalue weighted by Crippen LogP contribution is -2.52. The van der Waals surface area contributed by atoms with Crippen molar-refractivity contribution in [2.45, 2.75) is 4.90 Å². The van der Waals surface area contributed by atoms with Crippen LogP contribution < -0.4 is 5.32 Å². The molecular weight excluding hydrogens is 387 g/mol. The highest BCUT2D eigenvalue weighted by Gasteiger charge is 2.30. The summed E-state index contributed by atoms with van der Waals surface area (Å²) in [7, 11) is -3.64. The summed E-state index contributed by atoms with van der Waals surface area (Å²) in [6.45, 7) is 0.560. The first kappa shape index (κ1) is 19.9. The summed E-state index contributed by atoms with van der Waals surface area (Å²) in [5.41, 5.74) is 0.251. The first-order valence-corrected chi connectivity index (χ1v) is 10.0. The van der Waals surface area contributed by atoms with Gasteiger partial charge in [-0.3, -0.25) is 14.6 Å². The van der Waals surface area contributed by atoms with Crippen LogP contribution in [-0.2, 0) is 14.8 Å². The maximum atomic E-state index is 12.9. The van der Waals surface area contributed by atoms with Crippen molar-refractivity contribution in [3.05, 3.63) is 60.2 Å². The van der Waals surface area contributed by atoms with Gasteiger partial charge in [0.2, 0.25) is 15.9 Å². The number of halogens is 1. The number of nitrogens with zero attached hydrogens (tertiary/aromatic N) is 3. The predicted molar refractivity (Wildman–Crippen MR) is 98.3 cm³/mol. The molecule has 0 saturated carbocycles. The minimum Gasteiger partial charge on any atom is -0.343 e. The first-order chi connectivity index (χ1) is 13.4. The van der Waals surface area contributed by atoms with E-state index >= 15 is 0 Å². The van der Waals surface area contributed by atoms with Crippen molar-refractivity contribution in [1.82, 2.24) is 19.5 Å². The minimum absolute atomic E-state index is 0.112. The highest BCUT2D eigenvalue weighted by atomic mass is 32.2. The number of nitrogens with one attached hydrogen (secondary N) is 1. The van der Waals surface area contributed by atoms with Crippen LogP contribution in [-0.4, -0.2) is 67.1 Å². The van der Waals surface area contributed by atoms with Crippen LogP contribution in [0.2, 0.25) is 0 Å². The summed E-state index contributed by atoms with van der Waals surface area (Å²) in [6.07, 6.45) is 2.79. The van der Waals surface area contributed by atoms with Crippen LogP contribution in [0, 0.1) is 5.82 Å². The van der Waals surface area contributed by atoms with Crippen molar-refractivity contribution in [1.29, 1.82) is 0 Å². The van der Waals surface area contributed by atoms with Crippen LogP contribution in [0.3, 0.4) is 0 Å². The molecule has 0 bridgehead atoms. The lowest BCUT2D eigenvalue weighted by molar-refractivity contribution is -0.131. The Hall–Kier alpha value is -2.85. The molecule has 28 heavy (non-hydrogen) atoms. The summed E-state index contributed by atoms with van der Waals surface area (Å²) in [5.74, 6) is -1.24. The Morgan fingerprint density at radius 1 is 1.07 bits per heavy atom. The molecule has 1 saturated heterocycles. The van der Waals surface area contributed by atoms with Gasteiger partial charge < -0.3 is 10.2 Å². The average Bonchev–Trinajstić information content (AvgIpc) is 2.73. The third-order valence-electron chi connectivity index (χ3n) is 4.37. The van der Waals surface area contributed by atoms with Crippen LogP contribution in [0.1, 0.15) is 10.4 Å². The molecule has 8 nitrogen and oxygen atoms in total. The molecule has 148 valence electrons. The van der Waals surface area contributed by atoms with E-state index < -0.39 is 21.7 Å². The molecule has 0 unspecified atom stereocenters. The van der Waals surface area contributed by atoms with Crippen molar-refractivity contribution in [3.63, 3.8) is 0 Å². The van der Waals surface area contributed by atoms with E-state index in [1.807, 2.05) is 0 Å². The Labute approximate surface area is 162 Å². The Kier molecular flexibility index (Phi) is 6.00. The van der Waals surface area contributed by atoms with Crippen molar-refractivity contribution in [3.8, 4) is 0 Å². The molecule has 3 rings (SSSR count). The molecular formula is C18H19FN4O4S. The lowest BCUT2D eigenvalue weighted by atomic mass is 10.2. The van der Waals surface area contributed by atoms with Crippen LogP contribution in [0.4, 0.5) is 4.39 Å². The van der Waals surface area contributed by atoms with Crippen molar-refractivity contribution in [2.75, 3.05) is 32.7 Å². The second kappa shape index (κ2) is 8.44. The normalized spacial score (nSPS) is 15.2. The molecule has 2 aromatic rings. The third-order valence-corrected chi connectivity index (χ3v) is 6.25. The second-order valence-electron chi connectivity index (χ2n) is 6.16. The van der Waals surface area contributed by atoms with Crippen LogP contribution in [0.15, 0.2) is 53.7 Å². The van der Waals surface area contributed by atoms with Gasteiger partial charge >= 0.3 is 0 Å². The average molecular weight is 406 g/mol. The van der Waals surface area contributed by atoms with E-state index in [1.165, 1.54) is 51.9 Å². The molecule has 1 aliphatic rings. The molecule has 10 heteroatoms. The smallest absolute Gasteiger partial charge is 0.251 e. The highest BCUT2D eigenvalue weighted by molar-refractivity contribution is 7.89. The van der Waals surface area contributed by atoms with Gasteiger partial charge in [0.1, 0.15) is 10.7 Å². The van der Waals surface area contributed by atoms with Crippen LogP contribution in [0.25, 0.3) is 0 Å². The monoisotopic (exact) mass is 406 g/mol. The van der Waals surface area contributed by atoms with Crippen LogP contribution >= 0.6 is 0 Å². The number of amides is 2. The number of piperazine rings is 1. The van der Waals surface area contributed by atoms with E-state index in [1.54, 1.807) is 6.07 Å². The molecule has 1 aromatic heterocycles. The van der Waals surface area contributed by atoms with E-state index in [0.29, 0.717) is 0 Å². The lowest BCUT2D eigenvalue weighted by Gasteiger charge is -2.34. The number of sulfonamides is 1. The summed E-state index contributed by atoms with van der Waals surface area (Å²) in [6, 6.07) is 8.02. The second-order valence-corrected chi connectivity index (χ2v) is 8.10. The fraction of sp³-hybridized carbons (Fsp3) is 0.278. The molecule has 1 fully saturated rings. The number of hydrogen-bond acceptors (Lipinski definition) is 5. The first-order valence-electron chi connectivity index (χ1n) is 8.59. The molecule has 0 spiro atoms. The largest absolute Gasteiger partial charge is 0.343 e. The maximum absolute atomic E-state index is 12.9. The number of aromatic nitrogens is 1. The number of carbonyl (C=O) groups is 2. The zero-order valence-corrected chi connectivity index (χ0v) is 15.7. The number of benzene rings is 1. The van der Waals surface area contributed by atoms with E-state index in [2.05, 4.69) is 10.3 Å². The van der Waals surface area contributed by atoms with Crippen molar-refractivity contribution >= 4 is 21.8 Å². The SMILES string of the molecule is O=C(NCC(=O)N1CCN(S(=O)(=O)c2cccnc2)CC1)c1ccc(F)cc1. The number of pyridine rings is 1. The Morgan fingerprint density at radius 2 is 1.75 bits per heavy atom. The molecule has 1 N–H and O–H groups in total. The maximum Gasteiger partial charge on any atom is 0.251 e. The molecule has 0 atom stereocenters. The molecule has 2 amide bonds. The fourth-order valence-electron chi connectivity index (χ4n) is 2.80. The Morgan fingerprint density at radius 3 is 2.36 bits per heavy atom. The molecule has 2 heterocycles. The minimum atomic E-state index is -3.64. The fourth-order valence-corrected chi connectivity index (χ4v) is 4.18. The molecule has 1 aliphatic heterocycles. The predicted octanol–water partition coefficient (Wildman–Crippen LogP) is 0.484. The number of carbonyl (C=O) groups excluding carboxylic acids is 2. The number of rotatable bonds is 5. The van der Waals surface area contributed by atoms with Gasteiger partial charge in [0.15, 0.2) is 0 Å². The van der Waals surface area contributed by atoms with Gasteiger partial charge in [-0.05, 0) is 36.4 Å². The summed E-state index contributed by atoms with van der Waals surface area (Å²) < 4.78 is 39.3. The van der Waals surface area contributed by atoms with Gasteiger partial charge in [-0.2, -0.15) is 4.31 Å². The van der Waals surface area contributed by atoms with Gasteiger partial charge in [-0.1, -0.05) is 0 Å². The van der Waals surface area contributed by atoms with E-state index in [4.69, 9.17) is 0 Å². The van der Waals surface area contributed by atoms with Gasteiger partial charge in [0.05, 0.1) is 6.54 Å². The van der Waals surface area contributed by atoms with Gasteiger partial charge in [-0.15, -0.1) is 0 Å². The zero-order valence-electron chi connectivity index (χ0n) is 14.9. The standard InChI is InChI=1S/C18H19FN4O4S/c19-15-5-3-14(4-6-15)18(25)21-13-17(24)22-8-10-23(11-9-22)28(26,27)16-2-1-7-20-12-16/h1-7,12H,8-11,13H2,(H,21,25). The zero-order chi connectivity index (χ0) is 20.1. The Balaban J connectivity index is 1.51. The van der Waals surface area contributed by atoms with Crippen LogP contribution in [0.5, 0.6) is 0 Å². The van der Waals surface area contributed by atoms with Gasteiger partial charge in [0, 0.05) is 44.1 Å². The molecule has 1 aromatic carbocycles. The number of hydrogen-bond donors (Lipinski definition) is 1. The van der Waals surface area contributed by atoms with Crippen molar-refractivity contribution < 1.29 is 22.4 Å². The molecule has 0 aliphatic carbocycles. The quantitative estimate of drug-likeness (QED) is 0.779. The van der Waals surface area contributed by atoms with E-state index in [-0.39, 0.29) is 49.1 Å². The topological polar surface area (TPSA) is 99.7 Å². The van der Waals surface area contributed by atoms with E-state index in [9.17, 15) is 22.4 Å². The van der Waals surface area contributed by atoms with Gasteiger partial charge in [0.25, 0.3) is 5.91 Å². The Bertz CT molecular complexity index is 943.